The van der Waals surface area contributed by atoms with Crippen LogP contribution in [0.25, 0.3) is 10.8 Å². The van der Waals surface area contributed by atoms with Gasteiger partial charge in [0.15, 0.2) is 6.61 Å². The zero-order chi connectivity index (χ0) is 21.5. The topological polar surface area (TPSA) is 103 Å². The van der Waals surface area contributed by atoms with Gasteiger partial charge in [-0.1, -0.05) is 13.0 Å². The zero-order valence-electron chi connectivity index (χ0n) is 17.3. The number of aryl methyl sites for hydroxylation is 3. The predicted molar refractivity (Wildman–Crippen MR) is 111 cm³/mol. The summed E-state index contributed by atoms with van der Waals surface area (Å²) < 4.78 is 12.6. The number of carbonyl (C=O) groups is 2. The maximum atomic E-state index is 12.6. The maximum Gasteiger partial charge on any atom is 0.308 e. The Balaban J connectivity index is 1.50. The molecule has 10 heteroatoms. The van der Waals surface area contributed by atoms with E-state index in [0.717, 1.165) is 22.7 Å². The summed E-state index contributed by atoms with van der Waals surface area (Å²) in [4.78, 5) is 27.0. The molecule has 0 N–H and O–H groups in total. The van der Waals surface area contributed by atoms with Crippen molar-refractivity contribution in [2.45, 2.75) is 46.7 Å². The Labute approximate surface area is 178 Å². The Morgan fingerprint density at radius 1 is 1.30 bits per heavy atom. The smallest absolute Gasteiger partial charge is 0.308 e. The number of hydrogen-bond donors (Lipinski definition) is 0. The van der Waals surface area contributed by atoms with Gasteiger partial charge in [-0.25, -0.2) is 0 Å². The minimum Gasteiger partial charge on any atom is -0.456 e. The van der Waals surface area contributed by atoms with Crippen molar-refractivity contribution < 1.29 is 18.7 Å². The fraction of sp³-hybridized carbons (Fsp3) is 0.450. The monoisotopic (exact) mass is 431 g/mol. The summed E-state index contributed by atoms with van der Waals surface area (Å²) in [5.74, 6) is 0.0350. The van der Waals surface area contributed by atoms with Crippen LogP contribution in [0.1, 0.15) is 37.0 Å². The van der Waals surface area contributed by atoms with Crippen molar-refractivity contribution in [1.29, 1.82) is 0 Å². The number of hydrogen-bond acceptors (Lipinski definition) is 8. The predicted octanol–water partition coefficient (Wildman–Crippen LogP) is 2.98. The summed E-state index contributed by atoms with van der Waals surface area (Å²) in [5.41, 5.74) is 1.88. The van der Waals surface area contributed by atoms with E-state index in [9.17, 15) is 9.59 Å². The third kappa shape index (κ3) is 5.76. The first-order valence-corrected chi connectivity index (χ1v) is 10.6. The molecule has 30 heavy (non-hydrogen) atoms. The van der Waals surface area contributed by atoms with Crippen molar-refractivity contribution in [2.24, 2.45) is 0 Å². The molecule has 0 radical (unpaired) electrons. The average molecular weight is 432 g/mol. The van der Waals surface area contributed by atoms with E-state index in [1.165, 1.54) is 11.3 Å². The van der Waals surface area contributed by atoms with Gasteiger partial charge in [0, 0.05) is 12.2 Å². The van der Waals surface area contributed by atoms with Crippen LogP contribution in [-0.2, 0) is 27.4 Å². The number of amides is 1. The van der Waals surface area contributed by atoms with E-state index in [-0.39, 0.29) is 25.5 Å². The standard InChI is InChI=1S/C20H25N5O4S/c1-4-8-24(12-17-21-22-20(29-17)16-6-5-10-30-16)18(26)13-28-19(27)7-9-25-15(3)11-14(2)23-25/h5-6,10-11H,4,7-9,12-13H2,1-3H3. The second-order valence-corrected chi connectivity index (χ2v) is 7.80. The summed E-state index contributed by atoms with van der Waals surface area (Å²) in [7, 11) is 0. The molecule has 160 valence electrons. The highest BCUT2D eigenvalue weighted by Crippen LogP contribution is 2.23. The molecule has 3 rings (SSSR count). The van der Waals surface area contributed by atoms with Crippen LogP contribution in [0.2, 0.25) is 0 Å². The molecule has 0 aliphatic heterocycles. The summed E-state index contributed by atoms with van der Waals surface area (Å²) in [6, 6.07) is 5.74. The summed E-state index contributed by atoms with van der Waals surface area (Å²) in [6.45, 7) is 6.56. The number of nitrogens with zero attached hydrogens (tertiary/aromatic N) is 5. The molecule has 0 aliphatic rings. The van der Waals surface area contributed by atoms with Gasteiger partial charge in [0.2, 0.25) is 5.89 Å². The molecule has 3 aromatic heterocycles. The number of ether oxygens (including phenoxy) is 1. The van der Waals surface area contributed by atoms with Gasteiger partial charge in [0.25, 0.3) is 11.8 Å². The third-order valence-electron chi connectivity index (χ3n) is 4.36. The summed E-state index contributed by atoms with van der Waals surface area (Å²) >= 11 is 1.50. The van der Waals surface area contributed by atoms with E-state index in [1.54, 1.807) is 9.58 Å². The van der Waals surface area contributed by atoms with Gasteiger partial charge < -0.3 is 14.1 Å². The molecule has 3 aromatic rings. The number of thiophene rings is 1. The molecule has 1 amide bonds. The van der Waals surface area contributed by atoms with Crippen molar-refractivity contribution >= 4 is 23.2 Å². The molecular formula is C20H25N5O4S. The van der Waals surface area contributed by atoms with E-state index in [0.29, 0.717) is 24.9 Å². The number of rotatable bonds is 10. The van der Waals surface area contributed by atoms with Gasteiger partial charge >= 0.3 is 5.97 Å². The van der Waals surface area contributed by atoms with Crippen LogP contribution in [0.3, 0.4) is 0 Å². The summed E-state index contributed by atoms with van der Waals surface area (Å²) in [5, 5.41) is 14.3. The first-order valence-electron chi connectivity index (χ1n) is 9.77. The second-order valence-electron chi connectivity index (χ2n) is 6.85. The van der Waals surface area contributed by atoms with Gasteiger partial charge in [-0.3, -0.25) is 14.3 Å². The largest absolute Gasteiger partial charge is 0.456 e. The highest BCUT2D eigenvalue weighted by atomic mass is 32.1. The molecule has 9 nitrogen and oxygen atoms in total. The first kappa shape index (κ1) is 21.7. The van der Waals surface area contributed by atoms with Crippen LogP contribution in [0.15, 0.2) is 28.0 Å². The Morgan fingerprint density at radius 3 is 2.80 bits per heavy atom. The van der Waals surface area contributed by atoms with Gasteiger partial charge in [-0.05, 0) is 37.8 Å². The molecule has 0 fully saturated rings. The molecule has 0 unspecified atom stereocenters. The molecule has 0 atom stereocenters. The molecule has 0 bridgehead atoms. The fourth-order valence-electron chi connectivity index (χ4n) is 2.95. The van der Waals surface area contributed by atoms with Crippen LogP contribution in [0.5, 0.6) is 0 Å². The van der Waals surface area contributed by atoms with Crippen LogP contribution in [0, 0.1) is 13.8 Å². The van der Waals surface area contributed by atoms with Crippen LogP contribution in [0.4, 0.5) is 0 Å². The van der Waals surface area contributed by atoms with Gasteiger partial charge in [0.1, 0.15) is 0 Å². The van der Waals surface area contributed by atoms with Crippen LogP contribution < -0.4 is 0 Å². The van der Waals surface area contributed by atoms with E-state index in [2.05, 4.69) is 15.3 Å². The first-order chi connectivity index (χ1) is 14.5. The summed E-state index contributed by atoms with van der Waals surface area (Å²) in [6.07, 6.45) is 0.903. The van der Waals surface area contributed by atoms with Gasteiger partial charge in [-0.15, -0.1) is 21.5 Å². The number of esters is 1. The number of aromatic nitrogens is 4. The van der Waals surface area contributed by atoms with E-state index < -0.39 is 5.97 Å². The van der Waals surface area contributed by atoms with Gasteiger partial charge in [0.05, 0.1) is 30.1 Å². The van der Waals surface area contributed by atoms with E-state index in [4.69, 9.17) is 9.15 Å². The second kappa shape index (κ2) is 10.1. The lowest BCUT2D eigenvalue weighted by Crippen LogP contribution is -2.35. The Morgan fingerprint density at radius 2 is 2.13 bits per heavy atom. The van der Waals surface area contributed by atoms with Crippen LogP contribution >= 0.6 is 11.3 Å². The van der Waals surface area contributed by atoms with E-state index in [1.807, 2.05) is 44.4 Å². The normalized spacial score (nSPS) is 10.9. The number of carbonyl (C=O) groups excluding carboxylic acids is 2. The average Bonchev–Trinajstić information content (AvgIpc) is 3.45. The minimum absolute atomic E-state index is 0.150. The SMILES string of the molecule is CCCN(Cc1nnc(-c2cccs2)o1)C(=O)COC(=O)CCn1nc(C)cc1C. The quantitative estimate of drug-likeness (QED) is 0.455. The lowest BCUT2D eigenvalue weighted by molar-refractivity contribution is -0.152. The molecule has 0 aliphatic carbocycles. The van der Waals surface area contributed by atoms with Crippen molar-refractivity contribution in [3.05, 3.63) is 40.9 Å². The molecule has 0 saturated carbocycles. The molecular weight excluding hydrogens is 406 g/mol. The van der Waals surface area contributed by atoms with Crippen LogP contribution in [-0.4, -0.2) is 49.9 Å². The van der Waals surface area contributed by atoms with Crippen molar-refractivity contribution in [3.63, 3.8) is 0 Å². The Bertz CT molecular complexity index is 979. The minimum atomic E-state index is -0.440. The van der Waals surface area contributed by atoms with E-state index >= 15 is 0 Å². The molecule has 3 heterocycles. The molecule has 0 aromatic carbocycles. The highest BCUT2D eigenvalue weighted by molar-refractivity contribution is 7.13. The van der Waals surface area contributed by atoms with Crippen molar-refractivity contribution in [1.82, 2.24) is 24.9 Å². The Hall–Kier alpha value is -3.01. The maximum absolute atomic E-state index is 12.6. The molecule has 0 saturated heterocycles. The van der Waals surface area contributed by atoms with Crippen molar-refractivity contribution in [2.75, 3.05) is 13.2 Å². The fourth-order valence-corrected chi connectivity index (χ4v) is 3.59. The highest BCUT2D eigenvalue weighted by Gasteiger charge is 2.19. The third-order valence-corrected chi connectivity index (χ3v) is 5.22. The Kier molecular flexibility index (Phi) is 7.34. The zero-order valence-corrected chi connectivity index (χ0v) is 18.1. The van der Waals surface area contributed by atoms with Gasteiger partial charge in [-0.2, -0.15) is 5.10 Å². The lowest BCUT2D eigenvalue weighted by atomic mass is 10.3. The lowest BCUT2D eigenvalue weighted by Gasteiger charge is -2.20. The van der Waals surface area contributed by atoms with Crippen molar-refractivity contribution in [3.8, 4) is 10.8 Å². The molecule has 0 spiro atoms.